The van der Waals surface area contributed by atoms with Crippen LogP contribution >= 0.6 is 0 Å². The van der Waals surface area contributed by atoms with Crippen LogP contribution < -0.4 is 0 Å². The number of ether oxygens (including phenoxy) is 1. The summed E-state index contributed by atoms with van der Waals surface area (Å²) in [5.74, 6) is -0.0508. The molecular formula is C15H22O3. The molecule has 1 rings (SSSR count). The van der Waals surface area contributed by atoms with Crippen molar-refractivity contribution in [2.24, 2.45) is 11.3 Å². The van der Waals surface area contributed by atoms with Crippen LogP contribution in [0.25, 0.3) is 0 Å². The molecule has 1 heterocycles. The highest BCUT2D eigenvalue weighted by Gasteiger charge is 2.29. The van der Waals surface area contributed by atoms with Gasteiger partial charge in [0.15, 0.2) is 0 Å². The van der Waals surface area contributed by atoms with Crippen LogP contribution in [0.2, 0.25) is 0 Å². The molecule has 0 amide bonds. The molecule has 0 radical (unpaired) electrons. The van der Waals surface area contributed by atoms with Crippen molar-refractivity contribution in [3.63, 3.8) is 0 Å². The second kappa shape index (κ2) is 6.53. The molecule has 18 heavy (non-hydrogen) atoms. The van der Waals surface area contributed by atoms with Crippen molar-refractivity contribution in [2.45, 2.75) is 39.5 Å². The molecule has 0 aromatic carbocycles. The van der Waals surface area contributed by atoms with E-state index in [1.807, 2.05) is 19.9 Å². The van der Waals surface area contributed by atoms with E-state index in [0.717, 1.165) is 0 Å². The van der Waals surface area contributed by atoms with Gasteiger partial charge in [-0.25, -0.2) is 0 Å². The van der Waals surface area contributed by atoms with E-state index in [-0.39, 0.29) is 29.5 Å². The summed E-state index contributed by atoms with van der Waals surface area (Å²) in [4.78, 5) is 23.8. The number of esters is 1. The zero-order valence-corrected chi connectivity index (χ0v) is 11.3. The molecule has 3 nitrogen and oxygen atoms in total. The number of hydrogen-bond donors (Lipinski definition) is 0. The summed E-state index contributed by atoms with van der Waals surface area (Å²) in [6, 6.07) is 0. The molecule has 0 N–H and O–H groups in total. The lowest BCUT2D eigenvalue weighted by Gasteiger charge is -2.24. The molecule has 1 aliphatic heterocycles. The van der Waals surface area contributed by atoms with Gasteiger partial charge in [0.25, 0.3) is 0 Å². The summed E-state index contributed by atoms with van der Waals surface area (Å²) in [6.07, 6.45) is 7.58. The lowest BCUT2D eigenvalue weighted by molar-refractivity contribution is -0.145. The van der Waals surface area contributed by atoms with Crippen LogP contribution in [0, 0.1) is 11.3 Å². The Morgan fingerprint density at radius 3 is 2.78 bits per heavy atom. The van der Waals surface area contributed by atoms with Gasteiger partial charge < -0.3 is 4.74 Å². The van der Waals surface area contributed by atoms with E-state index in [0.29, 0.717) is 25.9 Å². The zero-order valence-electron chi connectivity index (χ0n) is 11.3. The monoisotopic (exact) mass is 250 g/mol. The van der Waals surface area contributed by atoms with E-state index >= 15 is 0 Å². The first-order valence-electron chi connectivity index (χ1n) is 6.39. The van der Waals surface area contributed by atoms with Crippen molar-refractivity contribution in [1.82, 2.24) is 0 Å². The SMILES string of the molecule is C=CCC1C/C=C\COC(=O)CC(C)(C)CC1=O. The summed E-state index contributed by atoms with van der Waals surface area (Å²) in [7, 11) is 0. The van der Waals surface area contributed by atoms with Crippen molar-refractivity contribution in [2.75, 3.05) is 6.61 Å². The van der Waals surface area contributed by atoms with Crippen molar-refractivity contribution in [3.05, 3.63) is 24.8 Å². The van der Waals surface area contributed by atoms with Crippen molar-refractivity contribution in [3.8, 4) is 0 Å². The van der Waals surface area contributed by atoms with Gasteiger partial charge in [0.1, 0.15) is 12.4 Å². The summed E-state index contributed by atoms with van der Waals surface area (Å²) < 4.78 is 5.08. The number of allylic oxidation sites excluding steroid dienone is 2. The van der Waals surface area contributed by atoms with E-state index in [9.17, 15) is 9.59 Å². The number of carbonyl (C=O) groups is 2. The summed E-state index contributed by atoms with van der Waals surface area (Å²) in [5.41, 5.74) is -0.335. The molecule has 0 aliphatic carbocycles. The van der Waals surface area contributed by atoms with Gasteiger partial charge in [0.05, 0.1) is 6.42 Å². The lowest BCUT2D eigenvalue weighted by atomic mass is 9.80. The Labute approximate surface area is 109 Å². The number of rotatable bonds is 2. The molecule has 0 aromatic rings. The normalized spacial score (nSPS) is 26.9. The van der Waals surface area contributed by atoms with Crippen molar-refractivity contribution < 1.29 is 14.3 Å². The molecule has 3 heteroatoms. The number of Topliss-reactive ketones (excluding diaryl/α,β-unsaturated/α-hetero) is 1. The Morgan fingerprint density at radius 1 is 1.39 bits per heavy atom. The molecular weight excluding hydrogens is 228 g/mol. The fourth-order valence-corrected chi connectivity index (χ4v) is 2.15. The average molecular weight is 250 g/mol. The summed E-state index contributed by atoms with van der Waals surface area (Å²) >= 11 is 0. The average Bonchev–Trinajstić information content (AvgIpc) is 2.26. The largest absolute Gasteiger partial charge is 0.461 e. The quantitative estimate of drug-likeness (QED) is 0.559. The number of ketones is 1. The molecule has 0 aromatic heterocycles. The second-order valence-electron chi connectivity index (χ2n) is 5.60. The van der Waals surface area contributed by atoms with Crippen LogP contribution in [-0.4, -0.2) is 18.4 Å². The fourth-order valence-electron chi connectivity index (χ4n) is 2.15. The first-order valence-corrected chi connectivity index (χ1v) is 6.39. The smallest absolute Gasteiger partial charge is 0.306 e. The van der Waals surface area contributed by atoms with Crippen LogP contribution in [0.5, 0.6) is 0 Å². The van der Waals surface area contributed by atoms with Crippen LogP contribution in [0.1, 0.15) is 39.5 Å². The third kappa shape index (κ3) is 4.86. The van der Waals surface area contributed by atoms with Crippen molar-refractivity contribution in [1.29, 1.82) is 0 Å². The maximum Gasteiger partial charge on any atom is 0.306 e. The Bertz CT molecular complexity index is 353. The third-order valence-corrected chi connectivity index (χ3v) is 3.11. The molecule has 0 fully saturated rings. The van der Waals surface area contributed by atoms with Crippen LogP contribution in [-0.2, 0) is 14.3 Å². The van der Waals surface area contributed by atoms with Gasteiger partial charge in [-0.1, -0.05) is 32.1 Å². The third-order valence-electron chi connectivity index (χ3n) is 3.11. The molecule has 1 unspecified atom stereocenters. The minimum atomic E-state index is -0.335. The Kier molecular flexibility index (Phi) is 5.32. The zero-order chi connectivity index (χ0) is 13.6. The van der Waals surface area contributed by atoms with Crippen LogP contribution in [0.3, 0.4) is 0 Å². The standard InChI is InChI=1S/C15H22O3/c1-4-7-12-8-5-6-9-18-14(17)11-15(2,3)10-13(12)16/h4-6,12H,1,7-11H2,2-3H3/b6-5-. The highest BCUT2D eigenvalue weighted by atomic mass is 16.5. The first-order chi connectivity index (χ1) is 8.44. The summed E-state index contributed by atoms with van der Waals surface area (Å²) in [6.45, 7) is 7.86. The molecule has 0 spiro atoms. The molecule has 0 bridgehead atoms. The lowest BCUT2D eigenvalue weighted by Crippen LogP contribution is -2.25. The van der Waals surface area contributed by atoms with E-state index in [2.05, 4.69) is 6.58 Å². The topological polar surface area (TPSA) is 43.4 Å². The fraction of sp³-hybridized carbons (Fsp3) is 0.600. The van der Waals surface area contributed by atoms with Gasteiger partial charge in [0.2, 0.25) is 0 Å². The van der Waals surface area contributed by atoms with Gasteiger partial charge in [-0.05, 0) is 18.3 Å². The Balaban J connectivity index is 2.82. The van der Waals surface area contributed by atoms with Gasteiger partial charge in [-0.15, -0.1) is 6.58 Å². The highest BCUT2D eigenvalue weighted by molar-refractivity contribution is 5.83. The molecule has 0 saturated heterocycles. The highest BCUT2D eigenvalue weighted by Crippen LogP contribution is 2.29. The van der Waals surface area contributed by atoms with Gasteiger partial charge in [-0.2, -0.15) is 0 Å². The van der Waals surface area contributed by atoms with Gasteiger partial charge in [-0.3, -0.25) is 9.59 Å². The number of carbonyl (C=O) groups excluding carboxylic acids is 2. The van der Waals surface area contributed by atoms with Gasteiger partial charge >= 0.3 is 5.97 Å². The molecule has 100 valence electrons. The summed E-state index contributed by atoms with van der Waals surface area (Å²) in [5, 5.41) is 0. The maximum absolute atomic E-state index is 12.2. The predicted octanol–water partition coefficient (Wildman–Crippen LogP) is 3.06. The first kappa shape index (κ1) is 14.7. The number of hydrogen-bond acceptors (Lipinski definition) is 3. The van der Waals surface area contributed by atoms with Crippen LogP contribution in [0.15, 0.2) is 24.8 Å². The van der Waals surface area contributed by atoms with E-state index in [1.54, 1.807) is 12.2 Å². The second-order valence-corrected chi connectivity index (χ2v) is 5.60. The maximum atomic E-state index is 12.2. The number of cyclic esters (lactones) is 1. The Morgan fingerprint density at radius 2 is 2.11 bits per heavy atom. The molecule has 1 aliphatic rings. The van der Waals surface area contributed by atoms with Gasteiger partial charge in [0, 0.05) is 12.3 Å². The minimum Gasteiger partial charge on any atom is -0.461 e. The molecule has 0 saturated carbocycles. The minimum absolute atomic E-state index is 0.0220. The van der Waals surface area contributed by atoms with Crippen LogP contribution in [0.4, 0.5) is 0 Å². The van der Waals surface area contributed by atoms with E-state index in [1.165, 1.54) is 0 Å². The van der Waals surface area contributed by atoms with E-state index < -0.39 is 0 Å². The van der Waals surface area contributed by atoms with Crippen molar-refractivity contribution >= 4 is 11.8 Å². The Hall–Kier alpha value is -1.38. The predicted molar refractivity (Wildman–Crippen MR) is 71.0 cm³/mol. The van der Waals surface area contributed by atoms with E-state index in [4.69, 9.17) is 4.74 Å². The molecule has 1 atom stereocenters.